The van der Waals surface area contributed by atoms with Crippen LogP contribution in [0.15, 0.2) is 124 Å². The molecule has 0 radical (unpaired) electrons. The average Bonchev–Trinajstić information content (AvgIpc) is 4.21. The minimum Gasteiger partial charge on any atom is -0.480 e. The number of nitrogens with one attached hydrogen (secondary N) is 3. The van der Waals surface area contributed by atoms with Crippen molar-refractivity contribution < 1.29 is 55.4 Å². The van der Waals surface area contributed by atoms with Gasteiger partial charge >= 0.3 is 11.9 Å². The Morgan fingerprint density at radius 1 is 0.653 bits per heavy atom. The van der Waals surface area contributed by atoms with Crippen molar-refractivity contribution in [2.75, 3.05) is 39.8 Å². The molecule has 0 bridgehead atoms. The van der Waals surface area contributed by atoms with Crippen molar-refractivity contribution in [2.24, 2.45) is 10.7 Å². The molecule has 0 aromatic heterocycles. The lowest BCUT2D eigenvalue weighted by Crippen LogP contribution is -2.51. The van der Waals surface area contributed by atoms with Crippen LogP contribution < -0.4 is 21.7 Å². The molecule has 4 aromatic carbocycles. The lowest BCUT2D eigenvalue weighted by atomic mass is 10.0. The Hall–Kier alpha value is -6.65. The lowest BCUT2D eigenvalue weighted by Gasteiger charge is -2.25. The van der Waals surface area contributed by atoms with Crippen LogP contribution in [0.1, 0.15) is 60.8 Å². The van der Waals surface area contributed by atoms with Crippen molar-refractivity contribution in [2.45, 2.75) is 98.2 Å². The largest absolute Gasteiger partial charge is 0.480 e. The Morgan fingerprint density at radius 2 is 1.10 bits per heavy atom. The maximum Gasteiger partial charge on any atom is 0.328 e. The van der Waals surface area contributed by atoms with E-state index in [1.165, 1.54) is 35.7 Å². The monoisotopic (exact) mass is 1030 g/mol. The maximum atomic E-state index is 13.1. The lowest BCUT2D eigenvalue weighted by molar-refractivity contribution is -0.145. The van der Waals surface area contributed by atoms with E-state index >= 15 is 0 Å². The number of nitrogens with two attached hydrogens (primary N) is 1. The van der Waals surface area contributed by atoms with Crippen LogP contribution in [0, 0.1) is 0 Å². The van der Waals surface area contributed by atoms with Gasteiger partial charge in [0, 0.05) is 51.7 Å². The fraction of sp³-hybridized carbons (Fsp3) is 0.392. The number of nitrogens with zero attached hydrogens (tertiary/aromatic N) is 3. The van der Waals surface area contributed by atoms with E-state index in [0.717, 1.165) is 46.2 Å². The Bertz CT molecular complexity index is 2800. The van der Waals surface area contributed by atoms with Crippen LogP contribution >= 0.6 is 0 Å². The summed E-state index contributed by atoms with van der Waals surface area (Å²) >= 11 is 0. The highest BCUT2D eigenvalue weighted by Crippen LogP contribution is 2.28. The normalized spacial score (nSPS) is 17.9. The molecule has 0 saturated carbocycles. The van der Waals surface area contributed by atoms with Crippen molar-refractivity contribution in [1.29, 1.82) is 0 Å². The molecular weight excluding hydrogens is 967 g/mol. The Balaban J connectivity index is 0.000000237. The number of hydrogen-bond donors (Lipinski definition) is 5. The zero-order valence-electron chi connectivity index (χ0n) is 40.0. The van der Waals surface area contributed by atoms with Crippen LogP contribution in [0.25, 0.3) is 0 Å². The first-order valence-electron chi connectivity index (χ1n) is 23.7. The summed E-state index contributed by atoms with van der Waals surface area (Å²) in [6.07, 6.45) is 4.23. The van der Waals surface area contributed by atoms with Crippen molar-refractivity contribution >= 4 is 61.2 Å². The number of methoxy groups -OCH3 is 1. The molecule has 2 saturated heterocycles. The fourth-order valence-corrected chi connectivity index (χ4v) is 12.0. The first-order chi connectivity index (χ1) is 34.5. The van der Waals surface area contributed by atoms with E-state index in [2.05, 4.69) is 20.9 Å². The highest BCUT2D eigenvalue weighted by Gasteiger charge is 2.42. The van der Waals surface area contributed by atoms with Crippen LogP contribution in [-0.2, 0) is 79.2 Å². The Morgan fingerprint density at radius 3 is 1.53 bits per heavy atom. The topological polar surface area (TPSA) is 281 Å². The molecule has 0 spiro atoms. The number of carbonyl (C=O) groups is 6. The molecule has 2 amide bonds. The number of sulfonamides is 2. The third-order valence-corrected chi connectivity index (χ3v) is 16.3. The molecule has 72 heavy (non-hydrogen) atoms. The molecule has 384 valence electrons. The molecule has 6 N–H and O–H groups in total. The van der Waals surface area contributed by atoms with Gasteiger partial charge in [0.15, 0.2) is 11.6 Å². The number of esters is 1. The second-order valence-electron chi connectivity index (χ2n) is 17.6. The van der Waals surface area contributed by atoms with Gasteiger partial charge in [-0.2, -0.15) is 8.61 Å². The predicted molar refractivity (Wildman–Crippen MR) is 267 cm³/mol. The van der Waals surface area contributed by atoms with Crippen LogP contribution in [0.2, 0.25) is 0 Å². The van der Waals surface area contributed by atoms with E-state index < -0.39 is 68.0 Å². The highest BCUT2D eigenvalue weighted by molar-refractivity contribution is 7.89. The number of Topliss-reactive ketones (excluding diaryl/α,β-unsaturated/α-hetero) is 2. The number of rotatable bonds is 21. The third kappa shape index (κ3) is 14.7. The number of carboxylic acid groups (broad SMARTS) is 1. The van der Waals surface area contributed by atoms with Crippen molar-refractivity contribution in [3.8, 4) is 0 Å². The standard InChI is InChI=1S/C27H32N4O6S.C24H29N3O6S/c32-21(18-29-25-9-4-14-28-25)16-19-10-12-20(13-11-19)17-23(27(34)35)30-26(33)24-8-5-15-31(24)38(36,37)22-6-2-1-3-7-22;1-33-24(30)21(15-18-11-9-17(10-12-18)14-19(28)16-25)26-23(29)22-8-5-13-27(22)34(31,32)20-6-3-2-4-7-20/h1-3,6-7,10-13,23-24H,4-5,8-9,14-18H2,(H,28,29)(H,30,33)(H,34,35);2-4,6-7,9-12,21-22H,5,8,13-16,25H2,1H3,(H,26,29)/t23-,24-;21-,22-/m00/s1. The first kappa shape index (κ1) is 54.7. The number of ether oxygens (including phenoxy) is 1. The van der Waals surface area contributed by atoms with Crippen molar-refractivity contribution in [3.63, 3.8) is 0 Å². The minimum absolute atomic E-state index is 0.0227. The molecule has 2 fully saturated rings. The molecule has 3 aliphatic rings. The van der Waals surface area contributed by atoms with Crippen molar-refractivity contribution in [1.82, 2.24) is 24.6 Å². The number of benzene rings is 4. The minimum atomic E-state index is -3.89. The summed E-state index contributed by atoms with van der Waals surface area (Å²) in [5.41, 5.74) is 8.37. The number of ketones is 2. The second kappa shape index (κ2) is 25.6. The summed E-state index contributed by atoms with van der Waals surface area (Å²) < 4.78 is 59.5. The molecule has 4 aromatic rings. The number of amidine groups is 1. The number of hydrogen-bond acceptors (Lipinski definition) is 14. The van der Waals surface area contributed by atoms with Gasteiger partial charge < -0.3 is 31.5 Å². The van der Waals surface area contributed by atoms with Gasteiger partial charge in [-0.25, -0.2) is 26.4 Å². The van der Waals surface area contributed by atoms with E-state index in [-0.39, 0.29) is 73.2 Å². The third-order valence-electron chi connectivity index (χ3n) is 12.4. The van der Waals surface area contributed by atoms with Gasteiger partial charge in [-0.1, -0.05) is 84.9 Å². The number of amides is 2. The van der Waals surface area contributed by atoms with E-state index in [1.54, 1.807) is 84.9 Å². The number of aliphatic imine (C=N–C) groups is 1. The summed E-state index contributed by atoms with van der Waals surface area (Å²) in [7, 11) is -6.51. The molecule has 19 nitrogen and oxygen atoms in total. The van der Waals surface area contributed by atoms with Gasteiger partial charge in [0.25, 0.3) is 0 Å². The van der Waals surface area contributed by atoms with Gasteiger partial charge in [-0.05, 0) is 78.6 Å². The van der Waals surface area contributed by atoms with Crippen LogP contribution in [-0.4, -0.2) is 136 Å². The van der Waals surface area contributed by atoms with Gasteiger partial charge in [-0.15, -0.1) is 0 Å². The van der Waals surface area contributed by atoms with E-state index in [0.29, 0.717) is 31.2 Å². The van der Waals surface area contributed by atoms with E-state index in [9.17, 15) is 50.7 Å². The van der Waals surface area contributed by atoms with Gasteiger partial charge in [-0.3, -0.25) is 24.2 Å². The van der Waals surface area contributed by atoms with Gasteiger partial charge in [0.2, 0.25) is 31.9 Å². The second-order valence-corrected chi connectivity index (χ2v) is 21.4. The first-order valence-corrected chi connectivity index (χ1v) is 26.6. The van der Waals surface area contributed by atoms with E-state index in [4.69, 9.17) is 10.5 Å². The Kier molecular flexibility index (Phi) is 19.5. The average molecular weight is 1030 g/mol. The summed E-state index contributed by atoms with van der Waals surface area (Å²) in [6.45, 7) is 1.39. The molecule has 4 atom stereocenters. The maximum absolute atomic E-state index is 13.1. The highest BCUT2D eigenvalue weighted by atomic mass is 32.2. The van der Waals surface area contributed by atoms with Crippen molar-refractivity contribution in [3.05, 3.63) is 131 Å². The van der Waals surface area contributed by atoms with Gasteiger partial charge in [0.1, 0.15) is 24.2 Å². The number of aliphatic carboxylic acids is 1. The zero-order valence-corrected chi connectivity index (χ0v) is 41.6. The zero-order chi connectivity index (χ0) is 51.8. The van der Waals surface area contributed by atoms with Gasteiger partial charge in [0.05, 0.1) is 35.8 Å². The SMILES string of the molecule is COC(=O)[C@H](Cc1ccc(CC(=O)CN)cc1)NC(=O)[C@@H]1CCCN1S(=O)(=O)c1ccccc1.O=C(CNC1=NCCC1)Cc1ccc(C[C@H](NC(=O)[C@@H]2CCCN2S(=O)(=O)c2ccccc2)C(=O)O)cc1. The Labute approximate surface area is 419 Å². The molecule has 3 heterocycles. The number of carboxylic acids is 1. The molecule has 7 rings (SSSR count). The molecule has 21 heteroatoms. The van der Waals surface area contributed by atoms with Crippen LogP contribution in [0.3, 0.4) is 0 Å². The predicted octanol–water partition coefficient (Wildman–Crippen LogP) is 2.36. The summed E-state index contributed by atoms with van der Waals surface area (Å²) in [6, 6.07) is 25.8. The summed E-state index contributed by atoms with van der Waals surface area (Å²) in [4.78, 5) is 78.7. The van der Waals surface area contributed by atoms with Crippen LogP contribution in [0.4, 0.5) is 0 Å². The fourth-order valence-electron chi connectivity index (χ4n) is 8.64. The smallest absolute Gasteiger partial charge is 0.328 e. The molecule has 3 aliphatic heterocycles. The summed E-state index contributed by atoms with van der Waals surface area (Å²) in [5.74, 6) is -2.21. The van der Waals surface area contributed by atoms with Crippen LogP contribution in [0.5, 0.6) is 0 Å². The number of carbonyl (C=O) groups excluding carboxylic acids is 5. The molecule has 0 unspecified atom stereocenters. The van der Waals surface area contributed by atoms with E-state index in [1.807, 2.05) is 0 Å². The molecular formula is C51H61N7O12S2. The molecule has 0 aliphatic carbocycles. The quantitative estimate of drug-likeness (QED) is 0.0750. The summed E-state index contributed by atoms with van der Waals surface area (Å²) in [5, 5.41) is 18.0.